The van der Waals surface area contributed by atoms with E-state index in [0.29, 0.717) is 5.92 Å². The minimum Gasteiger partial charge on any atom is -0.497 e. The van der Waals surface area contributed by atoms with Crippen LogP contribution >= 0.6 is 11.8 Å². The Balaban J connectivity index is 2.32. The smallest absolute Gasteiger partial charge is 0.123 e. The molecule has 0 radical (unpaired) electrons. The Kier molecular flexibility index (Phi) is 4.74. The maximum absolute atomic E-state index is 5.74. The van der Waals surface area contributed by atoms with Crippen LogP contribution in [0.1, 0.15) is 18.0 Å². The van der Waals surface area contributed by atoms with Crippen LogP contribution in [-0.4, -0.2) is 25.7 Å². The molecule has 100 valence electrons. The first-order chi connectivity index (χ1) is 8.80. The Bertz CT molecular complexity index is 395. The van der Waals surface area contributed by atoms with Crippen molar-refractivity contribution in [2.45, 2.75) is 12.5 Å². The topological polar surface area (TPSA) is 56.5 Å². The summed E-state index contributed by atoms with van der Waals surface area (Å²) in [5.74, 6) is 10.3. The summed E-state index contributed by atoms with van der Waals surface area (Å²) in [7, 11) is 3.35. The van der Waals surface area contributed by atoms with Crippen LogP contribution in [0, 0.1) is 5.92 Å². The first-order valence-electron chi connectivity index (χ1n) is 6.06. The molecule has 0 aliphatic carbocycles. The van der Waals surface area contributed by atoms with Crippen LogP contribution in [0.3, 0.4) is 0 Å². The van der Waals surface area contributed by atoms with Gasteiger partial charge < -0.3 is 9.47 Å². The van der Waals surface area contributed by atoms with Gasteiger partial charge in [0.25, 0.3) is 0 Å². The summed E-state index contributed by atoms with van der Waals surface area (Å²) in [6.07, 6.45) is 1.18. The molecule has 4 nitrogen and oxygen atoms in total. The van der Waals surface area contributed by atoms with Gasteiger partial charge in [-0.3, -0.25) is 11.3 Å². The molecule has 2 atom stereocenters. The van der Waals surface area contributed by atoms with Gasteiger partial charge in [-0.25, -0.2) is 0 Å². The lowest BCUT2D eigenvalue weighted by Gasteiger charge is -2.24. The second kappa shape index (κ2) is 6.31. The van der Waals surface area contributed by atoms with Crippen LogP contribution in [0.15, 0.2) is 18.2 Å². The van der Waals surface area contributed by atoms with Crippen LogP contribution in [0.25, 0.3) is 0 Å². The molecule has 1 aromatic rings. The number of hydrazine groups is 1. The number of hydrogen-bond acceptors (Lipinski definition) is 5. The SMILES string of the molecule is COc1ccc(OC)c(C(NN)C2CCSC2)c1. The summed E-state index contributed by atoms with van der Waals surface area (Å²) in [5.41, 5.74) is 4.01. The minimum absolute atomic E-state index is 0.116. The molecule has 2 unspecified atom stereocenters. The monoisotopic (exact) mass is 268 g/mol. The van der Waals surface area contributed by atoms with Gasteiger partial charge in [-0.05, 0) is 42.0 Å². The third-order valence-corrected chi connectivity index (χ3v) is 4.58. The number of ether oxygens (including phenoxy) is 2. The average molecular weight is 268 g/mol. The molecular formula is C13H20N2O2S. The fourth-order valence-electron chi connectivity index (χ4n) is 2.38. The van der Waals surface area contributed by atoms with E-state index >= 15 is 0 Å². The van der Waals surface area contributed by atoms with Gasteiger partial charge in [-0.15, -0.1) is 0 Å². The molecule has 1 heterocycles. The Morgan fingerprint density at radius 3 is 2.78 bits per heavy atom. The molecule has 0 aromatic heterocycles. The van der Waals surface area contributed by atoms with Crippen molar-refractivity contribution in [1.82, 2.24) is 5.43 Å². The molecule has 1 aromatic carbocycles. The Morgan fingerprint density at radius 2 is 2.22 bits per heavy atom. The highest BCUT2D eigenvalue weighted by molar-refractivity contribution is 7.99. The first-order valence-corrected chi connectivity index (χ1v) is 7.21. The highest BCUT2D eigenvalue weighted by atomic mass is 32.2. The number of nitrogens with two attached hydrogens (primary N) is 1. The zero-order valence-electron chi connectivity index (χ0n) is 10.8. The molecular weight excluding hydrogens is 248 g/mol. The molecule has 1 aliphatic heterocycles. The average Bonchev–Trinajstić information content (AvgIpc) is 2.93. The highest BCUT2D eigenvalue weighted by Crippen LogP contribution is 2.38. The molecule has 0 spiro atoms. The minimum atomic E-state index is 0.116. The third-order valence-electron chi connectivity index (χ3n) is 3.39. The second-order valence-corrected chi connectivity index (χ2v) is 5.53. The van der Waals surface area contributed by atoms with Crippen molar-refractivity contribution in [3.63, 3.8) is 0 Å². The quantitative estimate of drug-likeness (QED) is 0.631. The van der Waals surface area contributed by atoms with Gasteiger partial charge >= 0.3 is 0 Å². The van der Waals surface area contributed by atoms with Crippen LogP contribution < -0.4 is 20.7 Å². The van der Waals surface area contributed by atoms with E-state index in [1.54, 1.807) is 14.2 Å². The van der Waals surface area contributed by atoms with Gasteiger partial charge in [0, 0.05) is 5.56 Å². The lowest BCUT2D eigenvalue weighted by molar-refractivity contribution is 0.359. The van der Waals surface area contributed by atoms with E-state index in [9.17, 15) is 0 Å². The van der Waals surface area contributed by atoms with Crippen molar-refractivity contribution in [1.29, 1.82) is 0 Å². The molecule has 5 heteroatoms. The lowest BCUT2D eigenvalue weighted by atomic mass is 9.92. The van der Waals surface area contributed by atoms with Crippen molar-refractivity contribution >= 4 is 11.8 Å². The lowest BCUT2D eigenvalue weighted by Crippen LogP contribution is -2.34. The van der Waals surface area contributed by atoms with Crippen molar-refractivity contribution in [2.75, 3.05) is 25.7 Å². The molecule has 1 fully saturated rings. The number of thioether (sulfide) groups is 1. The van der Waals surface area contributed by atoms with E-state index in [1.807, 2.05) is 30.0 Å². The first kappa shape index (κ1) is 13.5. The maximum atomic E-state index is 5.74. The number of rotatable bonds is 5. The summed E-state index contributed by atoms with van der Waals surface area (Å²) in [5, 5.41) is 0. The van der Waals surface area contributed by atoms with Gasteiger partial charge in [-0.1, -0.05) is 0 Å². The zero-order chi connectivity index (χ0) is 13.0. The third kappa shape index (κ3) is 2.74. The normalized spacial score (nSPS) is 20.7. The number of benzene rings is 1. The maximum Gasteiger partial charge on any atom is 0.123 e. The van der Waals surface area contributed by atoms with Gasteiger partial charge in [0.1, 0.15) is 11.5 Å². The molecule has 1 aliphatic rings. The number of nitrogens with one attached hydrogen (secondary N) is 1. The summed E-state index contributed by atoms with van der Waals surface area (Å²) in [6, 6.07) is 5.96. The van der Waals surface area contributed by atoms with Crippen molar-refractivity contribution in [3.05, 3.63) is 23.8 Å². The summed E-state index contributed by atoms with van der Waals surface area (Å²) in [6.45, 7) is 0. The van der Waals surface area contributed by atoms with E-state index in [4.69, 9.17) is 15.3 Å². The van der Waals surface area contributed by atoms with E-state index in [0.717, 1.165) is 22.8 Å². The summed E-state index contributed by atoms with van der Waals surface area (Å²) < 4.78 is 10.7. The molecule has 0 amide bonds. The van der Waals surface area contributed by atoms with Gasteiger partial charge in [-0.2, -0.15) is 11.8 Å². The fourth-order valence-corrected chi connectivity index (χ4v) is 3.68. The van der Waals surface area contributed by atoms with Crippen LogP contribution in [0.2, 0.25) is 0 Å². The Morgan fingerprint density at radius 1 is 1.39 bits per heavy atom. The van der Waals surface area contributed by atoms with Crippen LogP contribution in [0.5, 0.6) is 11.5 Å². The standard InChI is InChI=1S/C13H20N2O2S/c1-16-10-3-4-12(17-2)11(7-10)13(15-14)9-5-6-18-8-9/h3-4,7,9,13,15H,5-6,8,14H2,1-2H3. The molecule has 3 N–H and O–H groups in total. The number of methoxy groups -OCH3 is 2. The fraction of sp³-hybridized carbons (Fsp3) is 0.538. The van der Waals surface area contributed by atoms with E-state index in [-0.39, 0.29) is 6.04 Å². The van der Waals surface area contributed by atoms with Crippen LogP contribution in [0.4, 0.5) is 0 Å². The van der Waals surface area contributed by atoms with Crippen molar-refractivity contribution < 1.29 is 9.47 Å². The largest absolute Gasteiger partial charge is 0.497 e. The van der Waals surface area contributed by atoms with Gasteiger partial charge in [0.05, 0.1) is 20.3 Å². The predicted molar refractivity (Wildman–Crippen MR) is 75.0 cm³/mol. The molecule has 2 rings (SSSR count). The van der Waals surface area contributed by atoms with Gasteiger partial charge in [0.15, 0.2) is 0 Å². The molecule has 0 bridgehead atoms. The predicted octanol–water partition coefficient (Wildman–Crippen LogP) is 1.96. The summed E-state index contributed by atoms with van der Waals surface area (Å²) in [4.78, 5) is 0. The molecule has 0 saturated carbocycles. The number of hydrogen-bond donors (Lipinski definition) is 2. The Labute approximate surface area is 112 Å². The zero-order valence-corrected chi connectivity index (χ0v) is 11.6. The highest BCUT2D eigenvalue weighted by Gasteiger charge is 2.28. The van der Waals surface area contributed by atoms with Crippen molar-refractivity contribution in [3.8, 4) is 11.5 Å². The summed E-state index contributed by atoms with van der Waals surface area (Å²) >= 11 is 1.98. The van der Waals surface area contributed by atoms with E-state index in [2.05, 4.69) is 5.43 Å². The van der Waals surface area contributed by atoms with E-state index in [1.165, 1.54) is 12.2 Å². The van der Waals surface area contributed by atoms with Gasteiger partial charge in [0.2, 0.25) is 0 Å². The van der Waals surface area contributed by atoms with Crippen molar-refractivity contribution in [2.24, 2.45) is 11.8 Å². The van der Waals surface area contributed by atoms with E-state index < -0.39 is 0 Å². The Hall–Kier alpha value is -0.910. The molecule has 18 heavy (non-hydrogen) atoms. The second-order valence-electron chi connectivity index (χ2n) is 4.38. The molecule has 1 saturated heterocycles. The van der Waals surface area contributed by atoms with Crippen LogP contribution in [-0.2, 0) is 0 Å².